The molecule has 2 rings (SSSR count). The molecule has 0 N–H and O–H groups in total. The lowest BCUT2D eigenvalue weighted by atomic mass is 10.2. The number of rotatable bonds is 2. The van der Waals surface area contributed by atoms with E-state index in [2.05, 4.69) is 4.99 Å². The molecule has 0 aromatic rings. The van der Waals surface area contributed by atoms with Gasteiger partial charge in [-0.2, -0.15) is 4.31 Å². The van der Waals surface area contributed by atoms with Crippen molar-refractivity contribution >= 4 is 22.3 Å². The van der Waals surface area contributed by atoms with Crippen LogP contribution in [0.3, 0.4) is 0 Å². The van der Waals surface area contributed by atoms with Crippen molar-refractivity contribution in [2.24, 2.45) is 4.99 Å². The van der Waals surface area contributed by atoms with E-state index >= 15 is 0 Å². The average molecular weight is 424 g/mol. The smallest absolute Gasteiger partial charge is 0.410 e. The Kier molecular flexibility index (Phi) is 8.22. The number of allylic oxidation sites excluding steroid dienone is 4. The number of ether oxygens (including phenoxy) is 1. The first kappa shape index (κ1) is 23.3. The maximum absolute atomic E-state index is 13.4. The van der Waals surface area contributed by atoms with Crippen LogP contribution in [-0.2, 0) is 14.8 Å². The molecule has 29 heavy (non-hydrogen) atoms. The monoisotopic (exact) mass is 423 g/mol. The fourth-order valence-electron chi connectivity index (χ4n) is 3.30. The first-order valence-corrected chi connectivity index (χ1v) is 11.6. The number of carbonyl (C=O) groups is 1. The van der Waals surface area contributed by atoms with E-state index in [-0.39, 0.29) is 6.04 Å². The minimum Gasteiger partial charge on any atom is -0.444 e. The van der Waals surface area contributed by atoms with Gasteiger partial charge >= 0.3 is 6.09 Å². The van der Waals surface area contributed by atoms with Crippen LogP contribution >= 0.6 is 0 Å². The quantitative estimate of drug-likeness (QED) is 0.681. The predicted octanol–water partition coefficient (Wildman–Crippen LogP) is 3.51. The van der Waals surface area contributed by atoms with Gasteiger partial charge in [0, 0.05) is 38.1 Å². The summed E-state index contributed by atoms with van der Waals surface area (Å²) in [7, 11) is -3.59. The Morgan fingerprint density at radius 1 is 1.14 bits per heavy atom. The van der Waals surface area contributed by atoms with Crippen molar-refractivity contribution in [1.82, 2.24) is 9.21 Å². The Morgan fingerprint density at radius 3 is 2.59 bits per heavy atom. The van der Waals surface area contributed by atoms with Gasteiger partial charge in [0.15, 0.2) is 0 Å². The fraction of sp³-hybridized carbons (Fsp3) is 0.619. The number of aliphatic imine (C=N–C) groups is 1. The highest BCUT2D eigenvalue weighted by Gasteiger charge is 2.35. The molecule has 7 nitrogen and oxygen atoms in total. The lowest BCUT2D eigenvalue weighted by Crippen LogP contribution is -2.52. The van der Waals surface area contributed by atoms with Crippen molar-refractivity contribution in [1.29, 1.82) is 0 Å². The largest absolute Gasteiger partial charge is 0.444 e. The number of carbonyl (C=O) groups excluding carboxylic acids is 1. The van der Waals surface area contributed by atoms with E-state index in [1.807, 2.05) is 33.8 Å². The standard InChI is InChI=1S/C21H33N3O4S/c1-18-17-23(20(25)28-21(2,3)4)15-9-10-16-24(18)29(26,27)19-11-5-7-13-22-14-8-6-12-19/h5-8,11,13-14,18-19H,9-10,12,15-17H2,1-4H3/b8-6+,11-5+,13-7-,22-14+/t18-,19?/m1/s1. The van der Waals surface area contributed by atoms with Crippen LogP contribution in [0.25, 0.3) is 0 Å². The molecule has 1 unspecified atom stereocenters. The van der Waals surface area contributed by atoms with Crippen LogP contribution in [0.1, 0.15) is 47.0 Å². The molecule has 2 heterocycles. The third-order valence-electron chi connectivity index (χ3n) is 4.68. The van der Waals surface area contributed by atoms with Gasteiger partial charge in [-0.3, -0.25) is 4.99 Å². The van der Waals surface area contributed by atoms with E-state index in [0.717, 1.165) is 6.42 Å². The van der Waals surface area contributed by atoms with Crippen LogP contribution in [0.15, 0.2) is 41.6 Å². The minimum atomic E-state index is -3.59. The van der Waals surface area contributed by atoms with Crippen LogP contribution in [0.4, 0.5) is 4.79 Å². The highest BCUT2D eigenvalue weighted by Crippen LogP contribution is 2.22. The highest BCUT2D eigenvalue weighted by atomic mass is 32.2. The number of sulfonamides is 1. The van der Waals surface area contributed by atoms with E-state index in [4.69, 9.17) is 4.74 Å². The van der Waals surface area contributed by atoms with Gasteiger partial charge in [-0.25, -0.2) is 13.2 Å². The predicted molar refractivity (Wildman–Crippen MR) is 116 cm³/mol. The van der Waals surface area contributed by atoms with Gasteiger partial charge in [-0.05, 0) is 59.1 Å². The number of amides is 1. The summed E-state index contributed by atoms with van der Waals surface area (Å²) in [6.07, 6.45) is 13.4. The van der Waals surface area contributed by atoms with Crippen molar-refractivity contribution in [3.8, 4) is 0 Å². The zero-order valence-corrected chi connectivity index (χ0v) is 18.6. The Morgan fingerprint density at radius 2 is 1.86 bits per heavy atom. The molecule has 0 aromatic carbocycles. The first-order chi connectivity index (χ1) is 13.6. The third kappa shape index (κ3) is 7.12. The van der Waals surface area contributed by atoms with E-state index in [1.165, 1.54) is 0 Å². The van der Waals surface area contributed by atoms with E-state index in [9.17, 15) is 13.2 Å². The summed E-state index contributed by atoms with van der Waals surface area (Å²) in [4.78, 5) is 18.2. The molecule has 8 heteroatoms. The summed E-state index contributed by atoms with van der Waals surface area (Å²) in [6, 6.07) is -0.335. The Bertz CT molecular complexity index is 778. The summed E-state index contributed by atoms with van der Waals surface area (Å²) in [5, 5.41) is -0.660. The van der Waals surface area contributed by atoms with Crippen LogP contribution in [0, 0.1) is 0 Å². The molecular weight excluding hydrogens is 390 g/mol. The van der Waals surface area contributed by atoms with Gasteiger partial charge in [-0.1, -0.05) is 18.2 Å². The summed E-state index contributed by atoms with van der Waals surface area (Å²) >= 11 is 0. The molecular formula is C21H33N3O4S. The van der Waals surface area contributed by atoms with Crippen LogP contribution in [0.2, 0.25) is 0 Å². The molecule has 0 saturated carbocycles. The fourth-order valence-corrected chi connectivity index (χ4v) is 5.24. The molecule has 1 saturated heterocycles. The molecule has 1 fully saturated rings. The van der Waals surface area contributed by atoms with Gasteiger partial charge in [0.1, 0.15) is 5.60 Å². The van der Waals surface area contributed by atoms with Crippen molar-refractivity contribution in [2.75, 3.05) is 19.6 Å². The normalized spacial score (nSPS) is 29.2. The van der Waals surface area contributed by atoms with Gasteiger partial charge < -0.3 is 9.64 Å². The lowest BCUT2D eigenvalue weighted by Gasteiger charge is -2.37. The first-order valence-electron chi connectivity index (χ1n) is 10.1. The highest BCUT2D eigenvalue weighted by molar-refractivity contribution is 7.89. The van der Waals surface area contributed by atoms with Gasteiger partial charge in [0.05, 0.1) is 5.25 Å². The minimum absolute atomic E-state index is 0.312. The zero-order chi connectivity index (χ0) is 21.5. The van der Waals surface area contributed by atoms with Gasteiger partial charge in [0.2, 0.25) is 10.0 Å². The number of nitrogens with zero attached hydrogens (tertiary/aromatic N) is 3. The second-order valence-electron chi connectivity index (χ2n) is 8.37. The van der Waals surface area contributed by atoms with E-state index in [1.54, 1.807) is 45.9 Å². The van der Waals surface area contributed by atoms with Crippen molar-refractivity contribution in [3.05, 3.63) is 36.6 Å². The summed E-state index contributed by atoms with van der Waals surface area (Å²) in [6.45, 7) is 8.68. The Balaban J connectivity index is 2.19. The molecule has 1 amide bonds. The molecule has 0 radical (unpaired) electrons. The third-order valence-corrected chi connectivity index (χ3v) is 6.99. The molecule has 0 spiro atoms. The van der Waals surface area contributed by atoms with Crippen LogP contribution < -0.4 is 0 Å². The Labute approximate surface area is 174 Å². The molecule has 0 aromatic heterocycles. The topological polar surface area (TPSA) is 79.3 Å². The lowest BCUT2D eigenvalue weighted by molar-refractivity contribution is 0.0197. The second-order valence-corrected chi connectivity index (χ2v) is 10.5. The maximum Gasteiger partial charge on any atom is 0.410 e. The van der Waals surface area contributed by atoms with E-state index < -0.39 is 27.0 Å². The SMILES string of the molecule is C[C@@H]1CN(C(=O)OC(C)(C)C)CCCCN1S(=O)(=O)C1/C=C/C=C\N=C\C=C\C1. The average Bonchev–Trinajstić information content (AvgIpc) is 2.60. The second kappa shape index (κ2) is 10.2. The Hall–Kier alpha value is -1.93. The molecule has 2 atom stereocenters. The van der Waals surface area contributed by atoms with E-state index in [0.29, 0.717) is 32.5 Å². The molecule has 2 aliphatic rings. The van der Waals surface area contributed by atoms with Crippen LogP contribution in [-0.4, -0.2) is 66.5 Å². The zero-order valence-electron chi connectivity index (χ0n) is 17.8. The van der Waals surface area contributed by atoms with Gasteiger partial charge in [0.25, 0.3) is 0 Å². The maximum atomic E-state index is 13.4. The van der Waals surface area contributed by atoms with Crippen LogP contribution in [0.5, 0.6) is 0 Å². The molecule has 2 aliphatic heterocycles. The summed E-state index contributed by atoms with van der Waals surface area (Å²) < 4.78 is 33.9. The summed E-state index contributed by atoms with van der Waals surface area (Å²) in [5.41, 5.74) is -0.585. The molecule has 0 bridgehead atoms. The number of hydrogen-bond donors (Lipinski definition) is 0. The molecule has 0 aliphatic carbocycles. The van der Waals surface area contributed by atoms with Crippen molar-refractivity contribution in [3.63, 3.8) is 0 Å². The van der Waals surface area contributed by atoms with Gasteiger partial charge in [-0.15, -0.1) is 0 Å². The van der Waals surface area contributed by atoms with Crippen molar-refractivity contribution < 1.29 is 17.9 Å². The number of hydrogen-bond acceptors (Lipinski definition) is 5. The molecule has 162 valence electrons. The summed E-state index contributed by atoms with van der Waals surface area (Å²) in [5.74, 6) is 0. The van der Waals surface area contributed by atoms with Crippen molar-refractivity contribution in [2.45, 2.75) is 63.9 Å².